The number of amides is 1. The van der Waals surface area contributed by atoms with Crippen LogP contribution < -0.4 is 20.7 Å². The molecular formula is C46H51ClF3N5O7S3. The van der Waals surface area contributed by atoms with Gasteiger partial charge in [-0.3, -0.25) is 4.79 Å². The second-order valence-electron chi connectivity index (χ2n) is 15.8. The summed E-state index contributed by atoms with van der Waals surface area (Å²) in [5.41, 5.74) is 3.86. The maximum atomic E-state index is 14.1. The van der Waals surface area contributed by atoms with E-state index in [0.29, 0.717) is 68.8 Å². The molecule has 65 heavy (non-hydrogen) atoms. The molecule has 0 aromatic heterocycles. The number of carbonyl (C=O) groups excluding carboxylic acids is 1. The number of benzene rings is 5. The lowest BCUT2D eigenvalue weighted by atomic mass is 9.83. The lowest BCUT2D eigenvalue weighted by molar-refractivity contribution is -0.0435. The van der Waals surface area contributed by atoms with E-state index in [1.165, 1.54) is 23.9 Å². The van der Waals surface area contributed by atoms with E-state index in [9.17, 15) is 45.0 Å². The van der Waals surface area contributed by atoms with E-state index >= 15 is 0 Å². The molecule has 348 valence electrons. The highest BCUT2D eigenvalue weighted by atomic mass is 35.5. The van der Waals surface area contributed by atoms with Gasteiger partial charge in [-0.15, -0.1) is 11.8 Å². The summed E-state index contributed by atoms with van der Waals surface area (Å²) in [5, 5.41) is 24.5. The van der Waals surface area contributed by atoms with E-state index in [1.54, 1.807) is 36.2 Å². The number of hydrogen-bond acceptors (Lipinski definition) is 12. The molecule has 12 nitrogen and oxygen atoms in total. The second kappa shape index (κ2) is 21.8. The second-order valence-corrected chi connectivity index (χ2v) is 20.9. The largest absolute Gasteiger partial charge is 0.501 e. The summed E-state index contributed by atoms with van der Waals surface area (Å²) in [7, 11) is -9.24. The van der Waals surface area contributed by atoms with Crippen LogP contribution in [0.1, 0.15) is 46.9 Å². The highest BCUT2D eigenvalue weighted by Gasteiger charge is 2.48. The molecule has 19 heteroatoms. The molecule has 2 atom stereocenters. The van der Waals surface area contributed by atoms with Gasteiger partial charge in [-0.25, -0.2) is 21.6 Å². The number of thioether (sulfide) groups is 1. The first kappa shape index (κ1) is 49.8. The minimum atomic E-state index is -6.10. The first-order valence-electron chi connectivity index (χ1n) is 20.8. The number of nitrogens with two attached hydrogens (primary N) is 1. The number of sulfonamides is 1. The third-order valence-corrected chi connectivity index (χ3v) is 15.6. The molecule has 1 aliphatic rings. The van der Waals surface area contributed by atoms with Crippen molar-refractivity contribution in [1.29, 1.82) is 0 Å². The smallest absolute Gasteiger partial charge is 0.395 e. The molecular weight excluding hydrogens is 923 g/mol. The van der Waals surface area contributed by atoms with Crippen molar-refractivity contribution in [2.75, 3.05) is 55.8 Å². The number of likely N-dealkylation sites (N-methyl/N-ethyl adjacent to an activating group) is 1. The summed E-state index contributed by atoms with van der Waals surface area (Å²) < 4.78 is 97.2. The van der Waals surface area contributed by atoms with Crippen LogP contribution in [0.3, 0.4) is 0 Å². The summed E-state index contributed by atoms with van der Waals surface area (Å²) in [4.78, 5) is 15.9. The van der Waals surface area contributed by atoms with Crippen molar-refractivity contribution >= 4 is 60.5 Å². The van der Waals surface area contributed by atoms with Gasteiger partial charge in [0.2, 0.25) is 0 Å². The van der Waals surface area contributed by atoms with Crippen LogP contribution in [0, 0.1) is 5.92 Å². The molecule has 1 aliphatic heterocycles. The lowest BCUT2D eigenvalue weighted by Gasteiger charge is -2.36. The Labute approximate surface area is 387 Å². The molecule has 1 saturated heterocycles. The van der Waals surface area contributed by atoms with Crippen molar-refractivity contribution in [1.82, 2.24) is 9.62 Å². The highest BCUT2D eigenvalue weighted by Crippen LogP contribution is 2.39. The van der Waals surface area contributed by atoms with E-state index < -0.39 is 58.9 Å². The number of carbonyl (C=O) groups is 1. The molecule has 5 aromatic carbocycles. The third kappa shape index (κ3) is 12.6. The van der Waals surface area contributed by atoms with E-state index in [1.807, 2.05) is 65.4 Å². The molecule has 1 fully saturated rings. The number of piperidine rings is 1. The fraction of sp³-hybridized carbons (Fsp3) is 0.326. The SMILES string of the molecule is CN(CCO)CCC(CSc1ccccc1)Nc1ccc(S(=O)(=O)NC(=O)c2ccc(N3CCC([C@H](O)c4cc(CN)ccc4-c4ccc(Cl)cc4)CC3)cc2)cc1S(=O)(=O)C(F)(F)F. The Kier molecular flexibility index (Phi) is 16.7. The maximum Gasteiger partial charge on any atom is 0.501 e. The van der Waals surface area contributed by atoms with Crippen LogP contribution >= 0.6 is 23.4 Å². The Hall–Kier alpha value is -4.66. The molecule has 0 radical (unpaired) electrons. The van der Waals surface area contributed by atoms with Crippen molar-refractivity contribution in [2.45, 2.75) is 58.1 Å². The van der Waals surface area contributed by atoms with Crippen LogP contribution in [0.15, 0.2) is 130 Å². The molecule has 6 rings (SSSR count). The summed E-state index contributed by atoms with van der Waals surface area (Å²) in [6.07, 6.45) is 0.847. The first-order valence-corrected chi connectivity index (χ1v) is 25.1. The van der Waals surface area contributed by atoms with Gasteiger partial charge < -0.3 is 31.1 Å². The Morgan fingerprint density at radius 3 is 2.23 bits per heavy atom. The summed E-state index contributed by atoms with van der Waals surface area (Å²) in [6.45, 7) is 2.09. The lowest BCUT2D eigenvalue weighted by Crippen LogP contribution is -2.36. The van der Waals surface area contributed by atoms with Gasteiger partial charge in [-0.2, -0.15) is 13.2 Å². The Morgan fingerprint density at radius 1 is 0.923 bits per heavy atom. The number of nitrogens with zero attached hydrogens (tertiary/aromatic N) is 2. The number of halogens is 4. The van der Waals surface area contributed by atoms with Gasteiger partial charge in [-0.1, -0.05) is 60.1 Å². The molecule has 5 aromatic rings. The minimum Gasteiger partial charge on any atom is -0.395 e. The van der Waals surface area contributed by atoms with Gasteiger partial charge >= 0.3 is 5.51 Å². The molecule has 0 saturated carbocycles. The van der Waals surface area contributed by atoms with Crippen LogP contribution in [-0.4, -0.2) is 95.0 Å². The molecule has 1 heterocycles. The molecule has 0 aliphatic carbocycles. The van der Waals surface area contributed by atoms with Gasteiger partial charge in [0.05, 0.1) is 23.3 Å². The van der Waals surface area contributed by atoms with Crippen LogP contribution in [0.5, 0.6) is 0 Å². The van der Waals surface area contributed by atoms with Gasteiger partial charge in [0.25, 0.3) is 25.8 Å². The van der Waals surface area contributed by atoms with E-state index in [4.69, 9.17) is 17.3 Å². The molecule has 6 N–H and O–H groups in total. The summed E-state index contributed by atoms with van der Waals surface area (Å²) >= 11 is 7.51. The maximum absolute atomic E-state index is 14.1. The van der Waals surface area contributed by atoms with Crippen molar-refractivity contribution in [2.24, 2.45) is 11.7 Å². The number of hydrogen-bond donors (Lipinski definition) is 5. The number of alkyl halides is 3. The van der Waals surface area contributed by atoms with Gasteiger partial charge in [0.15, 0.2) is 0 Å². The van der Waals surface area contributed by atoms with Gasteiger partial charge in [0.1, 0.15) is 4.90 Å². The topological polar surface area (TPSA) is 182 Å². The number of aliphatic hydroxyl groups is 2. The fourth-order valence-electron chi connectivity index (χ4n) is 7.59. The standard InChI is InChI=1S/C46H51ClF3N5O7S3/c1-54(25-26-56)22-21-36(30-63-38-5-3-2-4-6-38)52-42-18-16-39(28-43(42)64(59,60)46(48,49)50)65(61,62)53-45(58)34-10-14-37(15-11-34)55-23-19-33(20-24-55)44(57)41-27-31(29-51)7-17-40(41)32-8-12-35(47)13-9-32/h2-18,27-28,33,36,44,52,56-57H,19-26,29-30,51H2,1H3,(H,53,58)/t36?,44-/m0/s1. The van der Waals surface area contributed by atoms with Gasteiger partial charge in [-0.05, 0) is 128 Å². The average molecular weight is 975 g/mol. The fourth-order valence-corrected chi connectivity index (χ4v) is 10.7. The van der Waals surface area contributed by atoms with Crippen molar-refractivity contribution in [3.05, 3.63) is 137 Å². The number of aliphatic hydroxyl groups excluding tert-OH is 2. The zero-order valence-corrected chi connectivity index (χ0v) is 38.6. The van der Waals surface area contributed by atoms with Crippen molar-refractivity contribution in [3.8, 4) is 11.1 Å². The van der Waals surface area contributed by atoms with E-state index in [0.717, 1.165) is 45.0 Å². The zero-order chi connectivity index (χ0) is 46.9. The number of sulfone groups is 1. The van der Waals surface area contributed by atoms with Crippen LogP contribution in [0.4, 0.5) is 24.5 Å². The van der Waals surface area contributed by atoms with Crippen molar-refractivity contribution in [3.63, 3.8) is 0 Å². The Morgan fingerprint density at radius 2 is 1.60 bits per heavy atom. The molecule has 1 amide bonds. The highest BCUT2D eigenvalue weighted by molar-refractivity contribution is 7.99. The predicted molar refractivity (Wildman–Crippen MR) is 249 cm³/mol. The number of rotatable bonds is 19. The van der Waals surface area contributed by atoms with E-state index in [-0.39, 0.29) is 18.1 Å². The normalized spacial score (nSPS) is 14.9. The monoisotopic (exact) mass is 973 g/mol. The van der Waals surface area contributed by atoms with Crippen LogP contribution in [0.25, 0.3) is 11.1 Å². The van der Waals surface area contributed by atoms with Crippen molar-refractivity contribution < 1.29 is 45.0 Å². The zero-order valence-electron chi connectivity index (χ0n) is 35.4. The summed E-state index contributed by atoms with van der Waals surface area (Å²) in [5.74, 6) is -0.848. The predicted octanol–water partition coefficient (Wildman–Crippen LogP) is 7.71. The Balaban J connectivity index is 1.14. The summed E-state index contributed by atoms with van der Waals surface area (Å²) in [6, 6.07) is 30.2. The van der Waals surface area contributed by atoms with E-state index in [2.05, 4.69) is 10.2 Å². The number of anilines is 2. The molecule has 0 spiro atoms. The number of nitrogens with one attached hydrogen (secondary N) is 2. The molecule has 0 bridgehead atoms. The first-order chi connectivity index (χ1) is 30.9. The third-order valence-electron chi connectivity index (χ3n) is 11.3. The van der Waals surface area contributed by atoms with Crippen LogP contribution in [-0.2, 0) is 26.4 Å². The van der Waals surface area contributed by atoms with Gasteiger partial charge in [0, 0.05) is 59.1 Å². The minimum absolute atomic E-state index is 0.0662. The van der Waals surface area contributed by atoms with Crippen LogP contribution in [0.2, 0.25) is 5.02 Å². The average Bonchev–Trinajstić information content (AvgIpc) is 3.29. The molecule has 1 unspecified atom stereocenters. The quantitative estimate of drug-likeness (QED) is 0.0509. The Bertz CT molecular complexity index is 2620.